The predicted octanol–water partition coefficient (Wildman–Crippen LogP) is 2.21. The number of anilines is 1. The van der Waals surface area contributed by atoms with Gasteiger partial charge < -0.3 is 10.8 Å². The quantitative estimate of drug-likeness (QED) is 0.767. The first kappa shape index (κ1) is 12.9. The third-order valence-electron chi connectivity index (χ3n) is 3.03. The highest BCUT2D eigenvalue weighted by atomic mass is 16.4. The first-order valence-electron chi connectivity index (χ1n) is 6.25. The zero-order valence-corrected chi connectivity index (χ0v) is 11.0. The van der Waals surface area contributed by atoms with Crippen molar-refractivity contribution in [3.8, 4) is 16.8 Å². The van der Waals surface area contributed by atoms with Crippen molar-refractivity contribution in [3.63, 3.8) is 0 Å². The van der Waals surface area contributed by atoms with Crippen LogP contribution in [0.5, 0.6) is 0 Å². The normalized spacial score (nSPS) is 10.5. The fourth-order valence-electron chi connectivity index (χ4n) is 2.05. The van der Waals surface area contributed by atoms with Gasteiger partial charge >= 0.3 is 5.97 Å². The predicted molar refractivity (Wildman–Crippen MR) is 78.2 cm³/mol. The number of benzene rings is 1. The minimum atomic E-state index is -1.12. The highest BCUT2D eigenvalue weighted by Gasteiger charge is 2.15. The Bertz CT molecular complexity index is 796. The lowest BCUT2D eigenvalue weighted by Crippen LogP contribution is -2.05. The van der Waals surface area contributed by atoms with Gasteiger partial charge in [-0.15, -0.1) is 0 Å². The molecule has 3 aromatic rings. The maximum Gasteiger partial charge on any atom is 0.355 e. The van der Waals surface area contributed by atoms with Crippen molar-refractivity contribution in [1.82, 2.24) is 14.8 Å². The lowest BCUT2D eigenvalue weighted by atomic mass is 10.1. The summed E-state index contributed by atoms with van der Waals surface area (Å²) in [7, 11) is 0. The second-order valence-corrected chi connectivity index (χ2v) is 4.45. The molecule has 0 bridgehead atoms. The van der Waals surface area contributed by atoms with Crippen molar-refractivity contribution < 1.29 is 9.90 Å². The van der Waals surface area contributed by atoms with Gasteiger partial charge in [0.05, 0.1) is 11.9 Å². The van der Waals surface area contributed by atoms with Crippen molar-refractivity contribution in [1.29, 1.82) is 0 Å². The minimum Gasteiger partial charge on any atom is -0.476 e. The van der Waals surface area contributed by atoms with Gasteiger partial charge in [-0.2, -0.15) is 5.10 Å². The largest absolute Gasteiger partial charge is 0.476 e. The monoisotopic (exact) mass is 280 g/mol. The van der Waals surface area contributed by atoms with Crippen molar-refractivity contribution >= 4 is 11.8 Å². The zero-order valence-electron chi connectivity index (χ0n) is 11.0. The average Bonchev–Trinajstić information content (AvgIpc) is 2.97. The second kappa shape index (κ2) is 5.09. The molecule has 0 amide bonds. The maximum atomic E-state index is 11.3. The number of nitrogen functional groups attached to an aromatic ring is 1. The van der Waals surface area contributed by atoms with E-state index in [1.54, 1.807) is 29.2 Å². The van der Waals surface area contributed by atoms with Crippen LogP contribution >= 0.6 is 0 Å². The fourth-order valence-corrected chi connectivity index (χ4v) is 2.05. The SMILES string of the molecule is Nc1ccc(-c2cnn(-c3ccccc3)c2)c(C(=O)O)n1. The summed E-state index contributed by atoms with van der Waals surface area (Å²) in [6, 6.07) is 12.8. The summed E-state index contributed by atoms with van der Waals surface area (Å²) in [6.45, 7) is 0. The first-order valence-corrected chi connectivity index (χ1v) is 6.25. The van der Waals surface area contributed by atoms with Crippen LogP contribution in [-0.2, 0) is 0 Å². The molecule has 0 spiro atoms. The molecule has 1 aromatic carbocycles. The molecule has 0 aliphatic rings. The molecular weight excluding hydrogens is 268 g/mol. The lowest BCUT2D eigenvalue weighted by Gasteiger charge is -2.04. The van der Waals surface area contributed by atoms with Crippen LogP contribution in [-0.4, -0.2) is 25.8 Å². The molecule has 3 rings (SSSR count). The van der Waals surface area contributed by atoms with E-state index < -0.39 is 5.97 Å². The molecule has 21 heavy (non-hydrogen) atoms. The van der Waals surface area contributed by atoms with Crippen LogP contribution in [0, 0.1) is 0 Å². The Morgan fingerprint density at radius 2 is 1.90 bits per heavy atom. The number of aromatic nitrogens is 3. The van der Waals surface area contributed by atoms with Crippen LogP contribution in [0.15, 0.2) is 54.9 Å². The summed E-state index contributed by atoms with van der Waals surface area (Å²) >= 11 is 0. The van der Waals surface area contributed by atoms with E-state index in [2.05, 4.69) is 10.1 Å². The van der Waals surface area contributed by atoms with Crippen LogP contribution in [0.1, 0.15) is 10.5 Å². The molecule has 0 aliphatic carbocycles. The molecule has 0 unspecified atom stereocenters. The molecule has 0 aliphatic heterocycles. The smallest absolute Gasteiger partial charge is 0.355 e. The highest BCUT2D eigenvalue weighted by Crippen LogP contribution is 2.24. The summed E-state index contributed by atoms with van der Waals surface area (Å²) in [5.41, 5.74) is 7.51. The number of hydrogen-bond acceptors (Lipinski definition) is 4. The van der Waals surface area contributed by atoms with Crippen molar-refractivity contribution in [2.24, 2.45) is 0 Å². The Morgan fingerprint density at radius 3 is 2.62 bits per heavy atom. The number of pyridine rings is 1. The Hall–Kier alpha value is -3.15. The maximum absolute atomic E-state index is 11.3. The van der Waals surface area contributed by atoms with Gasteiger partial charge in [-0.05, 0) is 24.3 Å². The summed E-state index contributed by atoms with van der Waals surface area (Å²) in [4.78, 5) is 15.2. The van der Waals surface area contributed by atoms with E-state index in [1.807, 2.05) is 30.3 Å². The van der Waals surface area contributed by atoms with Gasteiger partial charge in [0.2, 0.25) is 0 Å². The molecule has 104 valence electrons. The molecule has 3 N–H and O–H groups in total. The van der Waals surface area contributed by atoms with Crippen LogP contribution < -0.4 is 5.73 Å². The number of carboxylic acids is 1. The molecule has 0 atom stereocenters. The third kappa shape index (κ3) is 2.46. The first-order chi connectivity index (χ1) is 10.1. The number of carbonyl (C=O) groups is 1. The van der Waals surface area contributed by atoms with E-state index in [0.29, 0.717) is 11.1 Å². The summed E-state index contributed by atoms with van der Waals surface area (Å²) < 4.78 is 1.68. The van der Waals surface area contributed by atoms with Crippen LogP contribution in [0.3, 0.4) is 0 Å². The number of nitrogens with zero attached hydrogens (tertiary/aromatic N) is 3. The van der Waals surface area contributed by atoms with Crippen LogP contribution in [0.2, 0.25) is 0 Å². The van der Waals surface area contributed by atoms with E-state index >= 15 is 0 Å². The molecule has 6 heteroatoms. The van der Waals surface area contributed by atoms with Gasteiger partial charge in [0.15, 0.2) is 5.69 Å². The molecule has 2 heterocycles. The minimum absolute atomic E-state index is 0.0809. The van der Waals surface area contributed by atoms with Gasteiger partial charge in [0.25, 0.3) is 0 Å². The van der Waals surface area contributed by atoms with Crippen molar-refractivity contribution in [2.45, 2.75) is 0 Å². The molecule has 0 radical (unpaired) electrons. The van der Waals surface area contributed by atoms with E-state index in [-0.39, 0.29) is 11.5 Å². The van der Waals surface area contributed by atoms with E-state index in [1.165, 1.54) is 0 Å². The Balaban J connectivity index is 2.07. The van der Waals surface area contributed by atoms with E-state index in [0.717, 1.165) is 5.69 Å². The molecule has 2 aromatic heterocycles. The van der Waals surface area contributed by atoms with Gasteiger partial charge in [0.1, 0.15) is 5.82 Å². The number of rotatable bonds is 3. The standard InChI is InChI=1S/C15H12N4O2/c16-13-7-6-12(14(18-13)15(20)21)10-8-17-19(9-10)11-4-2-1-3-5-11/h1-9H,(H2,16,18)(H,20,21). The molecular formula is C15H12N4O2. The van der Waals surface area contributed by atoms with Gasteiger partial charge in [-0.3, -0.25) is 0 Å². The zero-order chi connectivity index (χ0) is 14.8. The lowest BCUT2D eigenvalue weighted by molar-refractivity contribution is 0.0691. The molecule has 0 saturated carbocycles. The number of para-hydroxylation sites is 1. The fraction of sp³-hybridized carbons (Fsp3) is 0. The van der Waals surface area contributed by atoms with Crippen LogP contribution in [0.25, 0.3) is 16.8 Å². The topological polar surface area (TPSA) is 94.0 Å². The number of nitrogens with two attached hydrogens (primary N) is 1. The second-order valence-electron chi connectivity index (χ2n) is 4.45. The molecule has 0 saturated heterocycles. The average molecular weight is 280 g/mol. The van der Waals surface area contributed by atoms with Crippen molar-refractivity contribution in [2.75, 3.05) is 5.73 Å². The van der Waals surface area contributed by atoms with Gasteiger partial charge in [-0.25, -0.2) is 14.5 Å². The van der Waals surface area contributed by atoms with Gasteiger partial charge in [-0.1, -0.05) is 18.2 Å². The number of aromatic carboxylic acids is 1. The summed E-state index contributed by atoms with van der Waals surface area (Å²) in [5.74, 6) is -0.948. The summed E-state index contributed by atoms with van der Waals surface area (Å²) in [6.07, 6.45) is 3.36. The molecule has 6 nitrogen and oxygen atoms in total. The van der Waals surface area contributed by atoms with Crippen LogP contribution in [0.4, 0.5) is 5.82 Å². The van der Waals surface area contributed by atoms with Crippen molar-refractivity contribution in [3.05, 3.63) is 60.6 Å². The van der Waals surface area contributed by atoms with E-state index in [4.69, 9.17) is 5.73 Å². The summed E-state index contributed by atoms with van der Waals surface area (Å²) in [5, 5.41) is 13.5. The Morgan fingerprint density at radius 1 is 1.14 bits per heavy atom. The number of carboxylic acid groups (broad SMARTS) is 1. The van der Waals surface area contributed by atoms with E-state index in [9.17, 15) is 9.90 Å². The number of hydrogen-bond donors (Lipinski definition) is 2. The molecule has 0 fully saturated rings. The Kier molecular flexibility index (Phi) is 3.12. The third-order valence-corrected chi connectivity index (χ3v) is 3.03. The van der Waals surface area contributed by atoms with Gasteiger partial charge in [0, 0.05) is 17.3 Å². The highest BCUT2D eigenvalue weighted by molar-refractivity contribution is 5.94. The Labute approximate surface area is 120 Å².